The normalized spacial score (nSPS) is 11.2. The van der Waals surface area contributed by atoms with Crippen molar-refractivity contribution in [2.24, 2.45) is 0 Å². The third-order valence-corrected chi connectivity index (χ3v) is 6.63. The van der Waals surface area contributed by atoms with E-state index in [0.29, 0.717) is 11.3 Å². The van der Waals surface area contributed by atoms with Gasteiger partial charge in [0.05, 0.1) is 28.5 Å². The number of nitrogens with zero attached hydrogens (tertiary/aromatic N) is 4. The van der Waals surface area contributed by atoms with E-state index in [4.69, 9.17) is 0 Å². The van der Waals surface area contributed by atoms with Crippen LogP contribution < -0.4 is 10.6 Å². The van der Waals surface area contributed by atoms with Crippen LogP contribution in [0.1, 0.15) is 27.3 Å². The van der Waals surface area contributed by atoms with E-state index in [1.807, 2.05) is 0 Å². The molecule has 1 heterocycles. The van der Waals surface area contributed by atoms with E-state index in [1.54, 1.807) is 6.92 Å². The number of nitro benzene ring substituents is 1. The number of nitrogens with one attached hydrogen (secondary N) is 2. The quantitative estimate of drug-likeness (QED) is 0.117. The number of carbonyl (C=O) groups is 2. The van der Waals surface area contributed by atoms with Crippen molar-refractivity contribution in [3.05, 3.63) is 105 Å². The Kier molecular flexibility index (Phi) is 8.66. The first-order valence-corrected chi connectivity index (χ1v) is 12.7. The van der Waals surface area contributed by atoms with Gasteiger partial charge in [0.15, 0.2) is 11.0 Å². The van der Waals surface area contributed by atoms with Gasteiger partial charge in [0.25, 0.3) is 11.6 Å². The molecule has 0 aliphatic carbocycles. The van der Waals surface area contributed by atoms with Crippen LogP contribution in [0.2, 0.25) is 0 Å². The second-order valence-electron chi connectivity index (χ2n) is 8.53. The van der Waals surface area contributed by atoms with E-state index in [0.717, 1.165) is 30.0 Å². The molecule has 0 aliphatic heterocycles. The predicted octanol–water partition coefficient (Wildman–Crippen LogP) is 5.30. The van der Waals surface area contributed by atoms with E-state index in [-0.39, 0.29) is 34.5 Å². The minimum Gasteiger partial charge on any atom is -0.345 e. The van der Waals surface area contributed by atoms with Crippen LogP contribution in [0, 0.1) is 22.9 Å². The summed E-state index contributed by atoms with van der Waals surface area (Å²) in [5, 5.41) is 24.3. The van der Waals surface area contributed by atoms with Gasteiger partial charge in [-0.05, 0) is 49.4 Å². The third kappa shape index (κ3) is 7.05. The van der Waals surface area contributed by atoms with E-state index >= 15 is 0 Å². The van der Waals surface area contributed by atoms with Crippen LogP contribution in [-0.4, -0.2) is 37.3 Å². The number of para-hydroxylation sites is 1. The molecular formula is C26H20F4N6O4S. The van der Waals surface area contributed by atoms with Gasteiger partial charge in [-0.2, -0.15) is 13.2 Å². The number of carbonyl (C=O) groups excluding carboxylic acids is 2. The number of aryl methyl sites for hydroxylation is 1. The molecule has 1 aromatic heterocycles. The number of hydrogen-bond donors (Lipinski definition) is 2. The molecule has 0 spiro atoms. The number of rotatable bonds is 9. The number of nitro groups is 1. The zero-order chi connectivity index (χ0) is 29.7. The zero-order valence-corrected chi connectivity index (χ0v) is 21.9. The molecule has 0 unspecified atom stereocenters. The molecule has 41 heavy (non-hydrogen) atoms. The van der Waals surface area contributed by atoms with Crippen LogP contribution in [0.25, 0.3) is 5.69 Å². The minimum absolute atomic E-state index is 0.0422. The van der Waals surface area contributed by atoms with Gasteiger partial charge < -0.3 is 10.6 Å². The molecule has 2 amide bonds. The maximum absolute atomic E-state index is 13.6. The van der Waals surface area contributed by atoms with Gasteiger partial charge >= 0.3 is 6.18 Å². The summed E-state index contributed by atoms with van der Waals surface area (Å²) in [5.74, 6) is -2.05. The van der Waals surface area contributed by atoms with Crippen LogP contribution in [0.4, 0.5) is 28.9 Å². The fraction of sp³-hybridized carbons (Fsp3) is 0.154. The number of halogens is 4. The second-order valence-corrected chi connectivity index (χ2v) is 9.47. The summed E-state index contributed by atoms with van der Waals surface area (Å²) < 4.78 is 54.8. The van der Waals surface area contributed by atoms with Gasteiger partial charge in [0.2, 0.25) is 5.91 Å². The lowest BCUT2D eigenvalue weighted by atomic mass is 10.1. The highest BCUT2D eigenvalue weighted by molar-refractivity contribution is 7.99. The molecule has 10 nitrogen and oxygen atoms in total. The van der Waals surface area contributed by atoms with Gasteiger partial charge in [-0.15, -0.1) is 10.2 Å². The summed E-state index contributed by atoms with van der Waals surface area (Å²) in [6, 6.07) is 13.8. The number of benzene rings is 3. The molecule has 4 rings (SSSR count). The van der Waals surface area contributed by atoms with E-state index in [2.05, 4.69) is 20.8 Å². The van der Waals surface area contributed by atoms with Crippen molar-refractivity contribution >= 4 is 35.0 Å². The molecule has 0 atom stereocenters. The first kappa shape index (κ1) is 29.2. The van der Waals surface area contributed by atoms with Gasteiger partial charge in [-0.3, -0.25) is 24.3 Å². The van der Waals surface area contributed by atoms with Gasteiger partial charge in [0.1, 0.15) is 5.82 Å². The van der Waals surface area contributed by atoms with Gasteiger partial charge in [-0.25, -0.2) is 4.39 Å². The Morgan fingerprint density at radius 2 is 1.76 bits per heavy atom. The minimum atomic E-state index is -4.66. The molecule has 0 radical (unpaired) electrons. The van der Waals surface area contributed by atoms with E-state index in [1.165, 1.54) is 53.1 Å². The molecule has 0 aliphatic rings. The molecule has 15 heteroatoms. The first-order chi connectivity index (χ1) is 19.4. The number of thioether (sulfide) groups is 1. The van der Waals surface area contributed by atoms with E-state index < -0.39 is 40.0 Å². The maximum Gasteiger partial charge on any atom is 0.418 e. The number of aromatic nitrogens is 3. The van der Waals surface area contributed by atoms with Crippen LogP contribution in [-0.2, 0) is 17.5 Å². The first-order valence-electron chi connectivity index (χ1n) is 11.8. The SMILES string of the molecule is Cc1ccc(C(=O)NCc2nnc(SCC(=O)Nc3ccccc3C(F)(F)F)n2-c2ccc(F)cc2)cc1[N+](=O)[O-]. The Labute approximate surface area is 233 Å². The molecule has 0 bridgehead atoms. The maximum atomic E-state index is 13.6. The Balaban J connectivity index is 1.52. The highest BCUT2D eigenvalue weighted by Crippen LogP contribution is 2.34. The molecule has 0 fully saturated rings. The molecular weight excluding hydrogens is 568 g/mol. The van der Waals surface area contributed by atoms with Crippen LogP contribution in [0.5, 0.6) is 0 Å². The fourth-order valence-corrected chi connectivity index (χ4v) is 4.49. The van der Waals surface area contributed by atoms with E-state index in [9.17, 15) is 37.3 Å². The number of anilines is 1. The molecule has 3 aromatic carbocycles. The topological polar surface area (TPSA) is 132 Å². The summed E-state index contributed by atoms with van der Waals surface area (Å²) in [4.78, 5) is 35.9. The van der Waals surface area contributed by atoms with Crippen molar-refractivity contribution in [1.82, 2.24) is 20.1 Å². The Morgan fingerprint density at radius 3 is 2.44 bits per heavy atom. The van der Waals surface area contributed by atoms with Crippen molar-refractivity contribution in [1.29, 1.82) is 0 Å². The summed E-state index contributed by atoms with van der Waals surface area (Å²) in [5.41, 5.74) is -0.801. The number of amides is 2. The summed E-state index contributed by atoms with van der Waals surface area (Å²) in [6.45, 7) is 1.34. The molecule has 4 aromatic rings. The van der Waals surface area contributed by atoms with Crippen molar-refractivity contribution < 1.29 is 32.1 Å². The third-order valence-electron chi connectivity index (χ3n) is 5.70. The van der Waals surface area contributed by atoms with Crippen LogP contribution in [0.15, 0.2) is 71.9 Å². The Hall–Kier alpha value is -4.79. The second kappa shape index (κ2) is 12.2. The smallest absolute Gasteiger partial charge is 0.345 e. The predicted molar refractivity (Wildman–Crippen MR) is 141 cm³/mol. The van der Waals surface area contributed by atoms with Crippen LogP contribution >= 0.6 is 11.8 Å². The molecule has 0 saturated carbocycles. The lowest BCUT2D eigenvalue weighted by Crippen LogP contribution is -2.25. The average Bonchev–Trinajstić information content (AvgIpc) is 3.33. The lowest BCUT2D eigenvalue weighted by molar-refractivity contribution is -0.385. The standard InChI is InChI=1S/C26H20F4N6O4S/c1-15-6-7-16(12-21(15)36(39)40)24(38)31-13-22-33-34-25(35(22)18-10-8-17(27)9-11-18)41-14-23(37)32-20-5-3-2-4-19(20)26(28,29)30/h2-12H,13-14H2,1H3,(H,31,38)(H,32,37). The fourth-order valence-electron chi connectivity index (χ4n) is 3.72. The monoisotopic (exact) mass is 588 g/mol. The van der Waals surface area contributed by atoms with Gasteiger partial charge in [-0.1, -0.05) is 30.0 Å². The summed E-state index contributed by atoms with van der Waals surface area (Å²) >= 11 is 0.860. The Morgan fingerprint density at radius 1 is 1.05 bits per heavy atom. The summed E-state index contributed by atoms with van der Waals surface area (Å²) in [7, 11) is 0. The van der Waals surface area contributed by atoms with Crippen LogP contribution in [0.3, 0.4) is 0 Å². The van der Waals surface area contributed by atoms with Crippen molar-refractivity contribution in [2.75, 3.05) is 11.1 Å². The van der Waals surface area contributed by atoms with Gasteiger partial charge in [0, 0.05) is 22.9 Å². The number of hydrogen-bond acceptors (Lipinski definition) is 7. The van der Waals surface area contributed by atoms with Crippen molar-refractivity contribution in [2.45, 2.75) is 24.8 Å². The molecule has 212 valence electrons. The average molecular weight is 589 g/mol. The molecule has 2 N–H and O–H groups in total. The van der Waals surface area contributed by atoms with Crippen molar-refractivity contribution in [3.63, 3.8) is 0 Å². The summed E-state index contributed by atoms with van der Waals surface area (Å²) in [6.07, 6.45) is -4.66. The highest BCUT2D eigenvalue weighted by atomic mass is 32.2. The number of alkyl halides is 3. The Bertz CT molecular complexity index is 1610. The largest absolute Gasteiger partial charge is 0.418 e. The van der Waals surface area contributed by atoms with Crippen molar-refractivity contribution in [3.8, 4) is 5.69 Å². The zero-order valence-electron chi connectivity index (χ0n) is 21.1. The highest BCUT2D eigenvalue weighted by Gasteiger charge is 2.33. The lowest BCUT2D eigenvalue weighted by Gasteiger charge is -2.14. The molecule has 0 saturated heterocycles.